The van der Waals surface area contributed by atoms with E-state index in [-0.39, 0.29) is 11.4 Å². The number of hydrogen-bond acceptors (Lipinski definition) is 2. The Morgan fingerprint density at radius 3 is 2.81 bits per heavy atom. The Hall–Kier alpha value is -1.75. The summed E-state index contributed by atoms with van der Waals surface area (Å²) in [7, 11) is 0. The van der Waals surface area contributed by atoms with Gasteiger partial charge in [0.05, 0.1) is 0 Å². The van der Waals surface area contributed by atoms with Crippen molar-refractivity contribution in [3.63, 3.8) is 0 Å². The molecule has 1 aromatic carbocycles. The highest BCUT2D eigenvalue weighted by Crippen LogP contribution is 2.42. The van der Waals surface area contributed by atoms with Gasteiger partial charge >= 0.3 is 6.03 Å². The molecule has 26 heavy (non-hydrogen) atoms. The Morgan fingerprint density at radius 2 is 2.08 bits per heavy atom. The van der Waals surface area contributed by atoms with E-state index in [0.717, 1.165) is 63.0 Å². The van der Waals surface area contributed by atoms with Crippen LogP contribution < -0.4 is 5.32 Å². The van der Waals surface area contributed by atoms with Gasteiger partial charge in [-0.2, -0.15) is 0 Å². The van der Waals surface area contributed by atoms with E-state index in [1.807, 2.05) is 24.0 Å². The molecule has 1 atom stereocenters. The van der Waals surface area contributed by atoms with Crippen LogP contribution in [0.15, 0.2) is 18.2 Å². The van der Waals surface area contributed by atoms with Gasteiger partial charge in [-0.1, -0.05) is 17.7 Å². The molecule has 0 unspecified atom stereocenters. The van der Waals surface area contributed by atoms with Gasteiger partial charge in [0.25, 0.3) is 0 Å². The fourth-order valence-electron chi connectivity index (χ4n) is 4.35. The number of hydrogen-bond donors (Lipinski definition) is 1. The van der Waals surface area contributed by atoms with Crippen molar-refractivity contribution in [1.29, 1.82) is 0 Å². The van der Waals surface area contributed by atoms with Crippen LogP contribution in [0.2, 0.25) is 5.02 Å². The van der Waals surface area contributed by atoms with E-state index in [1.165, 1.54) is 0 Å². The molecule has 3 aliphatic rings. The van der Waals surface area contributed by atoms with Crippen LogP contribution >= 0.6 is 11.6 Å². The highest BCUT2D eigenvalue weighted by atomic mass is 35.5. The van der Waals surface area contributed by atoms with Crippen molar-refractivity contribution in [3.05, 3.63) is 28.8 Å². The van der Waals surface area contributed by atoms with Crippen molar-refractivity contribution in [1.82, 2.24) is 9.80 Å². The molecule has 1 saturated carbocycles. The first kappa shape index (κ1) is 17.7. The maximum atomic E-state index is 12.8. The SMILES string of the molecule is Cc1ccc(NC(=O)N2CCC[C@]3(CCC(=O)N(C4CC4)C3)C2)cc1Cl. The van der Waals surface area contributed by atoms with Crippen molar-refractivity contribution in [2.45, 2.75) is 51.5 Å². The Bertz CT molecular complexity index is 734. The maximum absolute atomic E-state index is 12.8. The van der Waals surface area contributed by atoms with Crippen LogP contribution in [-0.2, 0) is 4.79 Å². The molecule has 4 rings (SSSR count). The van der Waals surface area contributed by atoms with Gasteiger partial charge in [0.2, 0.25) is 5.91 Å². The molecule has 1 aliphatic carbocycles. The number of halogens is 1. The average Bonchev–Trinajstić information content (AvgIpc) is 3.46. The first-order valence-corrected chi connectivity index (χ1v) is 9.95. The number of piperidine rings is 2. The molecule has 0 radical (unpaired) electrons. The lowest BCUT2D eigenvalue weighted by Gasteiger charge is -2.48. The Balaban J connectivity index is 1.43. The lowest BCUT2D eigenvalue weighted by atomic mass is 9.73. The summed E-state index contributed by atoms with van der Waals surface area (Å²) >= 11 is 6.16. The van der Waals surface area contributed by atoms with Crippen molar-refractivity contribution < 1.29 is 9.59 Å². The first-order valence-electron chi connectivity index (χ1n) is 9.57. The smallest absolute Gasteiger partial charge is 0.321 e. The molecular weight excluding hydrogens is 350 g/mol. The fourth-order valence-corrected chi connectivity index (χ4v) is 4.53. The van der Waals surface area contributed by atoms with Gasteiger partial charge in [-0.05, 0) is 56.7 Å². The number of nitrogens with zero attached hydrogens (tertiary/aromatic N) is 2. The summed E-state index contributed by atoms with van der Waals surface area (Å²) in [6.45, 7) is 4.26. The summed E-state index contributed by atoms with van der Waals surface area (Å²) in [6.07, 6.45) is 5.90. The molecular formula is C20H26ClN3O2. The second-order valence-corrected chi connectivity index (χ2v) is 8.58. The minimum absolute atomic E-state index is 0.0665. The lowest BCUT2D eigenvalue weighted by Crippen LogP contribution is -2.56. The van der Waals surface area contributed by atoms with Crippen LogP contribution in [0.25, 0.3) is 0 Å². The van der Waals surface area contributed by atoms with Gasteiger partial charge in [0.15, 0.2) is 0 Å². The predicted octanol–water partition coefficient (Wildman–Crippen LogP) is 4.05. The normalized spacial score (nSPS) is 26.3. The van der Waals surface area contributed by atoms with Crippen LogP contribution in [0.5, 0.6) is 0 Å². The van der Waals surface area contributed by atoms with Gasteiger partial charge in [0.1, 0.15) is 0 Å². The molecule has 1 spiro atoms. The zero-order valence-corrected chi connectivity index (χ0v) is 16.0. The lowest BCUT2D eigenvalue weighted by molar-refractivity contribution is -0.139. The van der Waals surface area contributed by atoms with Crippen molar-refractivity contribution in [2.24, 2.45) is 5.41 Å². The molecule has 0 aromatic heterocycles. The van der Waals surface area contributed by atoms with E-state index in [2.05, 4.69) is 10.2 Å². The van der Waals surface area contributed by atoms with Crippen LogP contribution in [0.4, 0.5) is 10.5 Å². The zero-order chi connectivity index (χ0) is 18.3. The molecule has 2 heterocycles. The summed E-state index contributed by atoms with van der Waals surface area (Å²) in [4.78, 5) is 29.0. The number of amides is 3. The number of urea groups is 1. The summed E-state index contributed by atoms with van der Waals surface area (Å²) in [5.74, 6) is 0.300. The van der Waals surface area contributed by atoms with E-state index in [0.29, 0.717) is 23.4 Å². The quantitative estimate of drug-likeness (QED) is 0.847. The van der Waals surface area contributed by atoms with E-state index >= 15 is 0 Å². The average molecular weight is 376 g/mol. The van der Waals surface area contributed by atoms with Gasteiger partial charge in [-0.25, -0.2) is 4.79 Å². The van der Waals surface area contributed by atoms with Crippen LogP contribution in [-0.4, -0.2) is 47.4 Å². The fraction of sp³-hybridized carbons (Fsp3) is 0.600. The third-order valence-corrected chi connectivity index (χ3v) is 6.46. The van der Waals surface area contributed by atoms with Crippen molar-refractivity contribution in [3.8, 4) is 0 Å². The summed E-state index contributed by atoms with van der Waals surface area (Å²) in [6, 6.07) is 5.98. The minimum atomic E-state index is -0.0705. The van der Waals surface area contributed by atoms with E-state index in [9.17, 15) is 9.59 Å². The predicted molar refractivity (Wildman–Crippen MR) is 102 cm³/mol. The van der Waals surface area contributed by atoms with Gasteiger partial charge < -0.3 is 15.1 Å². The molecule has 1 N–H and O–H groups in total. The molecule has 2 aliphatic heterocycles. The number of benzene rings is 1. The zero-order valence-electron chi connectivity index (χ0n) is 15.3. The van der Waals surface area contributed by atoms with E-state index in [1.54, 1.807) is 6.07 Å². The Kier molecular flexibility index (Phi) is 4.59. The van der Waals surface area contributed by atoms with Gasteiger partial charge in [-0.3, -0.25) is 4.79 Å². The van der Waals surface area contributed by atoms with Crippen LogP contribution in [0, 0.1) is 12.3 Å². The van der Waals surface area contributed by atoms with Crippen LogP contribution in [0.1, 0.15) is 44.1 Å². The van der Waals surface area contributed by atoms with Gasteiger partial charge in [0, 0.05) is 48.2 Å². The molecule has 6 heteroatoms. The highest BCUT2D eigenvalue weighted by Gasteiger charge is 2.46. The maximum Gasteiger partial charge on any atom is 0.321 e. The molecule has 5 nitrogen and oxygen atoms in total. The van der Waals surface area contributed by atoms with Crippen LogP contribution in [0.3, 0.4) is 0 Å². The van der Waals surface area contributed by atoms with E-state index in [4.69, 9.17) is 11.6 Å². The second-order valence-electron chi connectivity index (χ2n) is 8.17. The summed E-state index contributed by atoms with van der Waals surface area (Å²) in [5.41, 5.74) is 1.79. The second kappa shape index (κ2) is 6.76. The number of nitrogens with one attached hydrogen (secondary N) is 1. The molecule has 1 aromatic rings. The molecule has 0 bridgehead atoms. The third kappa shape index (κ3) is 3.54. The minimum Gasteiger partial charge on any atom is -0.339 e. The molecule has 140 valence electrons. The highest BCUT2D eigenvalue weighted by molar-refractivity contribution is 6.31. The van der Waals surface area contributed by atoms with Crippen molar-refractivity contribution >= 4 is 29.2 Å². The standard InChI is InChI=1S/C20H26ClN3O2/c1-14-3-4-15(11-17(14)21)22-19(26)23-10-2-8-20(12-23)9-7-18(25)24(13-20)16-5-6-16/h3-4,11,16H,2,5-10,12-13H2,1H3,(H,22,26)/t20-/m0/s1. The number of rotatable bonds is 2. The first-order chi connectivity index (χ1) is 12.5. The Labute approximate surface area is 159 Å². The molecule has 3 fully saturated rings. The van der Waals surface area contributed by atoms with Crippen molar-refractivity contribution in [2.75, 3.05) is 25.0 Å². The number of carbonyl (C=O) groups is 2. The van der Waals surface area contributed by atoms with Gasteiger partial charge in [-0.15, -0.1) is 0 Å². The third-order valence-electron chi connectivity index (χ3n) is 6.05. The number of anilines is 1. The van der Waals surface area contributed by atoms with E-state index < -0.39 is 0 Å². The largest absolute Gasteiger partial charge is 0.339 e. The summed E-state index contributed by atoms with van der Waals surface area (Å²) in [5, 5.41) is 3.64. The monoisotopic (exact) mass is 375 g/mol. The number of aryl methyl sites for hydroxylation is 1. The number of carbonyl (C=O) groups excluding carboxylic acids is 2. The topological polar surface area (TPSA) is 52.7 Å². The number of likely N-dealkylation sites (tertiary alicyclic amines) is 2. The summed E-state index contributed by atoms with van der Waals surface area (Å²) < 4.78 is 0. The molecule has 3 amide bonds. The molecule has 2 saturated heterocycles. The Morgan fingerprint density at radius 1 is 1.27 bits per heavy atom.